The van der Waals surface area contributed by atoms with Gasteiger partial charge in [-0.1, -0.05) is 30.3 Å². The Morgan fingerprint density at radius 1 is 1.12 bits per heavy atom. The molecule has 7 nitrogen and oxygen atoms in total. The van der Waals surface area contributed by atoms with E-state index in [1.54, 1.807) is 18.3 Å². The van der Waals surface area contributed by atoms with Crippen molar-refractivity contribution < 1.29 is 14.5 Å². The molecule has 0 unspecified atom stereocenters. The standard InChI is InChI=1S/C17H13N3O4/c21-16(11-24-15-9-2-1-8-14(15)20(22)23)19-13-7-3-5-12-6-4-10-18-17(12)13/h1-10H,11H2,(H,19,21). The number of rotatable bonds is 5. The molecule has 3 rings (SSSR count). The normalized spacial score (nSPS) is 10.3. The van der Waals surface area contributed by atoms with E-state index in [0.29, 0.717) is 11.2 Å². The number of anilines is 1. The molecule has 0 fully saturated rings. The zero-order valence-electron chi connectivity index (χ0n) is 12.5. The molecule has 0 bridgehead atoms. The van der Waals surface area contributed by atoms with Crippen molar-refractivity contribution in [2.45, 2.75) is 0 Å². The van der Waals surface area contributed by atoms with Gasteiger partial charge in [0.2, 0.25) is 0 Å². The third-order valence-corrected chi connectivity index (χ3v) is 3.33. The SMILES string of the molecule is O=C(COc1ccccc1[N+](=O)[O-])Nc1cccc2cccnc12. The molecule has 1 amide bonds. The number of pyridine rings is 1. The number of nitro benzene ring substituents is 1. The molecule has 2 aromatic carbocycles. The fourth-order valence-corrected chi connectivity index (χ4v) is 2.26. The van der Waals surface area contributed by atoms with Crippen LogP contribution in [0.15, 0.2) is 60.8 Å². The summed E-state index contributed by atoms with van der Waals surface area (Å²) >= 11 is 0. The van der Waals surface area contributed by atoms with Crippen molar-refractivity contribution in [2.24, 2.45) is 0 Å². The number of nitrogens with one attached hydrogen (secondary N) is 1. The molecule has 0 saturated heterocycles. The molecule has 0 spiro atoms. The van der Waals surface area contributed by atoms with E-state index in [1.165, 1.54) is 18.2 Å². The van der Waals surface area contributed by atoms with E-state index >= 15 is 0 Å². The average molecular weight is 323 g/mol. The monoisotopic (exact) mass is 323 g/mol. The molecule has 0 aliphatic carbocycles. The van der Waals surface area contributed by atoms with E-state index in [2.05, 4.69) is 10.3 Å². The van der Waals surface area contributed by atoms with Crippen LogP contribution in [0.1, 0.15) is 0 Å². The molecule has 120 valence electrons. The van der Waals surface area contributed by atoms with Gasteiger partial charge in [0.25, 0.3) is 5.91 Å². The van der Waals surface area contributed by atoms with Crippen LogP contribution in [0.2, 0.25) is 0 Å². The summed E-state index contributed by atoms with van der Waals surface area (Å²) in [6, 6.07) is 15.0. The number of carbonyl (C=O) groups is 1. The number of ether oxygens (including phenoxy) is 1. The summed E-state index contributed by atoms with van der Waals surface area (Å²) < 4.78 is 5.27. The number of fused-ring (bicyclic) bond motifs is 1. The van der Waals surface area contributed by atoms with E-state index in [-0.39, 0.29) is 18.0 Å². The second-order valence-electron chi connectivity index (χ2n) is 4.94. The molecule has 1 heterocycles. The number of nitrogens with zero attached hydrogens (tertiary/aromatic N) is 2. The van der Waals surface area contributed by atoms with Crippen molar-refractivity contribution in [1.82, 2.24) is 4.98 Å². The average Bonchev–Trinajstić information content (AvgIpc) is 2.60. The van der Waals surface area contributed by atoms with Crippen molar-refractivity contribution in [1.29, 1.82) is 0 Å². The molecule has 0 aliphatic heterocycles. The summed E-state index contributed by atoms with van der Waals surface area (Å²) in [5, 5.41) is 14.5. The Balaban J connectivity index is 1.71. The minimum Gasteiger partial charge on any atom is -0.477 e. The summed E-state index contributed by atoms with van der Waals surface area (Å²) in [6.45, 7) is -0.339. The van der Waals surface area contributed by atoms with Gasteiger partial charge in [-0.25, -0.2) is 0 Å². The first-order valence-corrected chi connectivity index (χ1v) is 7.15. The number of hydrogen-bond acceptors (Lipinski definition) is 5. The highest BCUT2D eigenvalue weighted by molar-refractivity contribution is 6.00. The van der Waals surface area contributed by atoms with E-state index in [4.69, 9.17) is 4.74 Å². The lowest BCUT2D eigenvalue weighted by Crippen LogP contribution is -2.20. The van der Waals surface area contributed by atoms with E-state index < -0.39 is 10.8 Å². The van der Waals surface area contributed by atoms with Crippen LogP contribution < -0.4 is 10.1 Å². The van der Waals surface area contributed by atoms with Gasteiger partial charge in [0, 0.05) is 17.6 Å². The molecule has 3 aromatic rings. The van der Waals surface area contributed by atoms with E-state index in [9.17, 15) is 14.9 Å². The minimum absolute atomic E-state index is 0.0497. The van der Waals surface area contributed by atoms with Crippen LogP contribution in [0, 0.1) is 10.1 Å². The predicted molar refractivity (Wildman–Crippen MR) is 89.0 cm³/mol. The highest BCUT2D eigenvalue weighted by atomic mass is 16.6. The van der Waals surface area contributed by atoms with Crippen LogP contribution in [0.5, 0.6) is 5.75 Å². The first-order valence-electron chi connectivity index (χ1n) is 7.15. The predicted octanol–water partition coefficient (Wildman–Crippen LogP) is 3.16. The Bertz CT molecular complexity index is 906. The van der Waals surface area contributed by atoms with Gasteiger partial charge in [-0.2, -0.15) is 0 Å². The number of benzene rings is 2. The number of nitro groups is 1. The molecular formula is C17H13N3O4. The Kier molecular flexibility index (Phi) is 4.33. The molecule has 0 radical (unpaired) electrons. The van der Waals surface area contributed by atoms with Crippen molar-refractivity contribution in [3.05, 3.63) is 70.9 Å². The molecule has 1 N–H and O–H groups in total. The topological polar surface area (TPSA) is 94.4 Å². The highest BCUT2D eigenvalue weighted by Gasteiger charge is 2.15. The van der Waals surface area contributed by atoms with Crippen LogP contribution in [0.25, 0.3) is 10.9 Å². The Morgan fingerprint density at radius 3 is 2.75 bits per heavy atom. The van der Waals surface area contributed by atoms with Gasteiger partial charge in [0.05, 0.1) is 16.1 Å². The quantitative estimate of drug-likeness (QED) is 0.575. The lowest BCUT2D eigenvalue weighted by atomic mass is 10.2. The fourth-order valence-electron chi connectivity index (χ4n) is 2.26. The van der Waals surface area contributed by atoms with Gasteiger partial charge < -0.3 is 10.1 Å². The fraction of sp³-hybridized carbons (Fsp3) is 0.0588. The smallest absolute Gasteiger partial charge is 0.310 e. The Hall–Kier alpha value is -3.48. The van der Waals surface area contributed by atoms with Gasteiger partial charge in [0.1, 0.15) is 0 Å². The Labute approximate surface area is 137 Å². The summed E-state index contributed by atoms with van der Waals surface area (Å²) in [5.74, 6) is -0.375. The summed E-state index contributed by atoms with van der Waals surface area (Å²) in [4.78, 5) is 26.7. The number of hydrogen-bond donors (Lipinski definition) is 1. The lowest BCUT2D eigenvalue weighted by molar-refractivity contribution is -0.385. The zero-order chi connectivity index (χ0) is 16.9. The van der Waals surface area contributed by atoms with Crippen molar-refractivity contribution >= 4 is 28.2 Å². The van der Waals surface area contributed by atoms with Crippen LogP contribution in [0.4, 0.5) is 11.4 Å². The largest absolute Gasteiger partial charge is 0.477 e. The highest BCUT2D eigenvalue weighted by Crippen LogP contribution is 2.26. The molecule has 0 aliphatic rings. The van der Waals surface area contributed by atoms with Gasteiger partial charge in [-0.15, -0.1) is 0 Å². The lowest BCUT2D eigenvalue weighted by Gasteiger charge is -2.09. The van der Waals surface area contributed by atoms with Crippen molar-refractivity contribution in [3.63, 3.8) is 0 Å². The van der Waals surface area contributed by atoms with Crippen LogP contribution in [-0.2, 0) is 4.79 Å². The maximum absolute atomic E-state index is 12.1. The van der Waals surface area contributed by atoms with Gasteiger partial charge >= 0.3 is 5.69 Å². The third kappa shape index (κ3) is 3.30. The molecule has 24 heavy (non-hydrogen) atoms. The zero-order valence-corrected chi connectivity index (χ0v) is 12.5. The minimum atomic E-state index is -0.554. The second kappa shape index (κ2) is 6.74. The summed E-state index contributed by atoms with van der Waals surface area (Å²) in [5.41, 5.74) is 1.04. The molecule has 1 aromatic heterocycles. The van der Waals surface area contributed by atoms with Gasteiger partial charge in [0.15, 0.2) is 12.4 Å². The van der Waals surface area contributed by atoms with Crippen LogP contribution in [-0.4, -0.2) is 22.4 Å². The molecule has 7 heteroatoms. The van der Waals surface area contributed by atoms with Crippen LogP contribution in [0.3, 0.4) is 0 Å². The molecular weight excluding hydrogens is 310 g/mol. The number of amides is 1. The van der Waals surface area contributed by atoms with Crippen molar-refractivity contribution in [3.8, 4) is 5.75 Å². The second-order valence-corrected chi connectivity index (χ2v) is 4.94. The van der Waals surface area contributed by atoms with E-state index in [0.717, 1.165) is 5.39 Å². The van der Waals surface area contributed by atoms with Gasteiger partial charge in [-0.05, 0) is 18.2 Å². The first-order chi connectivity index (χ1) is 11.6. The first kappa shape index (κ1) is 15.4. The molecule has 0 atom stereocenters. The summed E-state index contributed by atoms with van der Waals surface area (Å²) in [6.07, 6.45) is 1.64. The van der Waals surface area contributed by atoms with Crippen molar-refractivity contribution in [2.75, 3.05) is 11.9 Å². The maximum atomic E-state index is 12.1. The van der Waals surface area contributed by atoms with E-state index in [1.807, 2.05) is 24.3 Å². The maximum Gasteiger partial charge on any atom is 0.310 e. The third-order valence-electron chi connectivity index (χ3n) is 3.33. The summed E-state index contributed by atoms with van der Waals surface area (Å²) in [7, 11) is 0. The molecule has 0 saturated carbocycles. The Morgan fingerprint density at radius 2 is 1.92 bits per heavy atom. The van der Waals surface area contributed by atoms with Gasteiger partial charge in [-0.3, -0.25) is 19.9 Å². The van der Waals surface area contributed by atoms with Crippen LogP contribution >= 0.6 is 0 Å². The number of aromatic nitrogens is 1. The number of carbonyl (C=O) groups excluding carboxylic acids is 1. The number of para-hydroxylation sites is 3.